The second-order valence-electron chi connectivity index (χ2n) is 5.26. The Labute approximate surface area is 118 Å². The van der Waals surface area contributed by atoms with E-state index in [4.69, 9.17) is 10.5 Å². The molecule has 20 heavy (non-hydrogen) atoms. The van der Waals surface area contributed by atoms with Gasteiger partial charge in [0.25, 0.3) is 0 Å². The molecule has 0 radical (unpaired) electrons. The largest absolute Gasteiger partial charge is 0.398 e. The lowest BCUT2D eigenvalue weighted by molar-refractivity contribution is 0.0836. The molecular weight excluding hydrogens is 252 g/mol. The van der Waals surface area contributed by atoms with E-state index in [1.807, 2.05) is 18.6 Å². The first kappa shape index (κ1) is 13.1. The fourth-order valence-electron chi connectivity index (χ4n) is 2.92. The van der Waals surface area contributed by atoms with Gasteiger partial charge in [0.2, 0.25) is 0 Å². The highest BCUT2D eigenvalue weighted by atomic mass is 16.5. The number of hydrogen-bond donors (Lipinski definition) is 1. The normalized spacial score (nSPS) is 22.2. The molecular formula is C15H20N4O. The smallest absolute Gasteiger partial charge is 0.0951 e. The van der Waals surface area contributed by atoms with E-state index >= 15 is 0 Å². The maximum absolute atomic E-state index is 6.04. The molecule has 1 aliphatic heterocycles. The number of nitrogens with zero attached hydrogens (tertiary/aromatic N) is 3. The number of aromatic nitrogens is 3. The Morgan fingerprint density at radius 3 is 3.10 bits per heavy atom. The van der Waals surface area contributed by atoms with Crippen LogP contribution in [0.25, 0.3) is 11.3 Å². The van der Waals surface area contributed by atoms with Crippen molar-refractivity contribution in [2.45, 2.75) is 32.4 Å². The number of hydrogen-bond acceptors (Lipinski definition) is 4. The van der Waals surface area contributed by atoms with Crippen molar-refractivity contribution in [2.75, 3.05) is 12.3 Å². The van der Waals surface area contributed by atoms with Crippen molar-refractivity contribution in [3.63, 3.8) is 0 Å². The van der Waals surface area contributed by atoms with E-state index in [9.17, 15) is 0 Å². The Balaban J connectivity index is 1.86. The number of nitrogen functional groups attached to an aromatic ring is 1. The second kappa shape index (κ2) is 5.63. The van der Waals surface area contributed by atoms with E-state index in [1.165, 1.54) is 0 Å². The van der Waals surface area contributed by atoms with Crippen LogP contribution in [0.4, 0.5) is 5.69 Å². The summed E-state index contributed by atoms with van der Waals surface area (Å²) < 4.78 is 7.92. The van der Waals surface area contributed by atoms with Crippen molar-refractivity contribution in [3.05, 3.63) is 31.0 Å². The van der Waals surface area contributed by atoms with Gasteiger partial charge in [-0.25, -0.2) is 4.98 Å². The van der Waals surface area contributed by atoms with Crippen LogP contribution in [-0.4, -0.2) is 27.2 Å². The molecule has 0 bridgehead atoms. The van der Waals surface area contributed by atoms with E-state index in [0.29, 0.717) is 12.0 Å². The number of imidazole rings is 1. The summed E-state index contributed by atoms with van der Waals surface area (Å²) in [7, 11) is 0. The maximum Gasteiger partial charge on any atom is 0.0951 e. The van der Waals surface area contributed by atoms with E-state index in [1.54, 1.807) is 12.4 Å². The van der Waals surface area contributed by atoms with Gasteiger partial charge in [-0.3, -0.25) is 4.98 Å². The summed E-state index contributed by atoms with van der Waals surface area (Å²) in [5, 5.41) is 0. The third kappa shape index (κ3) is 2.41. The van der Waals surface area contributed by atoms with Crippen LogP contribution < -0.4 is 5.73 Å². The predicted molar refractivity (Wildman–Crippen MR) is 78.0 cm³/mol. The molecule has 1 aliphatic rings. The zero-order valence-electron chi connectivity index (χ0n) is 11.7. The third-order valence-electron chi connectivity index (χ3n) is 4.02. The molecule has 3 rings (SSSR count). The monoisotopic (exact) mass is 272 g/mol. The molecule has 0 aliphatic carbocycles. The van der Waals surface area contributed by atoms with Crippen LogP contribution in [0.1, 0.15) is 19.8 Å². The van der Waals surface area contributed by atoms with Gasteiger partial charge in [-0.2, -0.15) is 0 Å². The topological polar surface area (TPSA) is 66.0 Å². The van der Waals surface area contributed by atoms with Crippen molar-refractivity contribution in [1.29, 1.82) is 0 Å². The minimum Gasteiger partial charge on any atom is -0.398 e. The number of anilines is 1. The summed E-state index contributed by atoms with van der Waals surface area (Å²) in [6.45, 7) is 3.96. The van der Waals surface area contributed by atoms with Gasteiger partial charge in [-0.05, 0) is 18.9 Å². The van der Waals surface area contributed by atoms with Gasteiger partial charge in [0.05, 0.1) is 24.3 Å². The van der Waals surface area contributed by atoms with Crippen molar-refractivity contribution < 1.29 is 4.74 Å². The summed E-state index contributed by atoms with van der Waals surface area (Å²) in [5.41, 5.74) is 8.74. The maximum atomic E-state index is 6.04. The van der Waals surface area contributed by atoms with Crippen LogP contribution in [0.5, 0.6) is 0 Å². The van der Waals surface area contributed by atoms with Crippen LogP contribution in [-0.2, 0) is 11.3 Å². The van der Waals surface area contributed by atoms with Gasteiger partial charge in [-0.15, -0.1) is 0 Å². The molecule has 2 N–H and O–H groups in total. The van der Waals surface area contributed by atoms with Gasteiger partial charge < -0.3 is 15.0 Å². The van der Waals surface area contributed by atoms with Crippen LogP contribution in [0.2, 0.25) is 0 Å². The molecule has 5 heteroatoms. The van der Waals surface area contributed by atoms with Crippen molar-refractivity contribution in [3.8, 4) is 11.3 Å². The van der Waals surface area contributed by atoms with E-state index in [-0.39, 0.29) is 0 Å². The van der Waals surface area contributed by atoms with Gasteiger partial charge in [0.15, 0.2) is 0 Å². The number of ether oxygens (including phenoxy) is 1. The fraction of sp³-hybridized carbons (Fsp3) is 0.467. The van der Waals surface area contributed by atoms with E-state index in [2.05, 4.69) is 21.5 Å². The van der Waals surface area contributed by atoms with Gasteiger partial charge in [0.1, 0.15) is 0 Å². The van der Waals surface area contributed by atoms with E-state index < -0.39 is 0 Å². The molecule has 2 atom stereocenters. The number of nitrogens with two attached hydrogens (primary N) is 1. The van der Waals surface area contributed by atoms with Crippen LogP contribution in [0.3, 0.4) is 0 Å². The zero-order chi connectivity index (χ0) is 13.9. The molecule has 2 unspecified atom stereocenters. The fourth-order valence-corrected chi connectivity index (χ4v) is 2.92. The summed E-state index contributed by atoms with van der Waals surface area (Å²) in [4.78, 5) is 8.43. The molecule has 0 aromatic carbocycles. The molecule has 1 fully saturated rings. The van der Waals surface area contributed by atoms with Gasteiger partial charge in [-0.1, -0.05) is 6.92 Å². The van der Waals surface area contributed by atoms with Crippen molar-refractivity contribution >= 4 is 5.69 Å². The molecule has 0 saturated carbocycles. The number of pyridine rings is 1. The number of rotatable bonds is 4. The first-order valence-electron chi connectivity index (χ1n) is 7.11. The van der Waals surface area contributed by atoms with Gasteiger partial charge in [0, 0.05) is 42.7 Å². The predicted octanol–water partition coefficient (Wildman–Crippen LogP) is 2.34. The van der Waals surface area contributed by atoms with Crippen LogP contribution in [0.15, 0.2) is 31.0 Å². The molecule has 106 valence electrons. The lowest BCUT2D eigenvalue weighted by Gasteiger charge is -2.19. The molecule has 5 nitrogen and oxygen atoms in total. The second-order valence-corrected chi connectivity index (χ2v) is 5.26. The third-order valence-corrected chi connectivity index (χ3v) is 4.02. The highest BCUT2D eigenvalue weighted by molar-refractivity contribution is 5.72. The lowest BCUT2D eigenvalue weighted by atomic mass is 9.99. The Morgan fingerprint density at radius 1 is 1.40 bits per heavy atom. The standard InChI is InChI=1S/C15H20N4O/c1-2-15-11(4-6-20-15)9-19-10-18-8-14(19)12-7-17-5-3-13(12)16/h3,5,7-8,10-11,15H,2,4,6,9H2,1H3,(H2,16,17). The molecule has 2 aromatic rings. The minimum absolute atomic E-state index is 0.358. The Bertz CT molecular complexity index is 581. The molecule has 1 saturated heterocycles. The molecule has 0 spiro atoms. The van der Waals surface area contributed by atoms with Crippen LogP contribution in [0, 0.1) is 5.92 Å². The summed E-state index contributed by atoms with van der Waals surface area (Å²) >= 11 is 0. The summed E-state index contributed by atoms with van der Waals surface area (Å²) in [6, 6.07) is 1.82. The SMILES string of the molecule is CCC1OCCC1Cn1cncc1-c1cnccc1N. The zero-order valence-corrected chi connectivity index (χ0v) is 11.7. The molecule has 2 aromatic heterocycles. The average molecular weight is 272 g/mol. The molecule has 0 amide bonds. The van der Waals surface area contributed by atoms with E-state index in [0.717, 1.165) is 42.9 Å². The highest BCUT2D eigenvalue weighted by Gasteiger charge is 2.27. The summed E-state index contributed by atoms with van der Waals surface area (Å²) in [5.74, 6) is 0.547. The Hall–Kier alpha value is -1.88. The van der Waals surface area contributed by atoms with Crippen LogP contribution >= 0.6 is 0 Å². The van der Waals surface area contributed by atoms with Gasteiger partial charge >= 0.3 is 0 Å². The summed E-state index contributed by atoms with van der Waals surface area (Å²) in [6.07, 6.45) is 9.75. The highest BCUT2D eigenvalue weighted by Crippen LogP contribution is 2.29. The quantitative estimate of drug-likeness (QED) is 0.927. The Kier molecular flexibility index (Phi) is 3.69. The first-order valence-corrected chi connectivity index (χ1v) is 7.11. The molecule has 3 heterocycles. The lowest BCUT2D eigenvalue weighted by Crippen LogP contribution is -2.20. The minimum atomic E-state index is 0.358. The average Bonchev–Trinajstić information content (AvgIpc) is 3.09. The Morgan fingerprint density at radius 2 is 2.30 bits per heavy atom. The van der Waals surface area contributed by atoms with Crippen molar-refractivity contribution in [2.24, 2.45) is 5.92 Å². The van der Waals surface area contributed by atoms with Crippen molar-refractivity contribution in [1.82, 2.24) is 14.5 Å². The first-order chi connectivity index (χ1) is 9.79.